The number of aromatic amines is 1. The largest absolute Gasteiger partial charge is 0.481 e. The molecule has 1 aliphatic heterocycles. The number of rotatable bonds is 3. The van der Waals surface area contributed by atoms with Gasteiger partial charge in [-0.2, -0.15) is 4.98 Å². The van der Waals surface area contributed by atoms with Crippen molar-refractivity contribution in [2.75, 3.05) is 11.1 Å². The number of benzene rings is 2. The van der Waals surface area contributed by atoms with Crippen molar-refractivity contribution in [1.82, 2.24) is 15.0 Å². The Bertz CT molecular complexity index is 1300. The number of aryl methyl sites for hydroxylation is 1. The fourth-order valence-electron chi connectivity index (χ4n) is 3.52. The molecule has 5 N–H and O–H groups in total. The summed E-state index contributed by atoms with van der Waals surface area (Å²) >= 11 is 0. The van der Waals surface area contributed by atoms with Gasteiger partial charge in [0.2, 0.25) is 5.95 Å². The number of nitrogens with one attached hydrogen (secondary N) is 2. The van der Waals surface area contributed by atoms with Crippen LogP contribution in [0.25, 0.3) is 22.2 Å². The van der Waals surface area contributed by atoms with Crippen LogP contribution in [0.1, 0.15) is 23.6 Å². The molecule has 0 aliphatic carbocycles. The number of carboxylic acid groups (broad SMARTS) is 1. The monoisotopic (exact) mass is 414 g/mol. The summed E-state index contributed by atoms with van der Waals surface area (Å²) in [6, 6.07) is 14.6. The summed E-state index contributed by atoms with van der Waals surface area (Å²) in [7, 11) is 0. The quantitative estimate of drug-likeness (QED) is 0.396. The second-order valence-electron chi connectivity index (χ2n) is 7.28. The van der Waals surface area contributed by atoms with E-state index in [9.17, 15) is 0 Å². The normalized spacial score (nSPS) is 11.7. The molecule has 2 aromatic carbocycles. The Morgan fingerprint density at radius 2 is 2.00 bits per heavy atom. The van der Waals surface area contributed by atoms with Crippen molar-refractivity contribution in [3.63, 3.8) is 0 Å². The van der Waals surface area contributed by atoms with Gasteiger partial charge in [-0.05, 0) is 48.9 Å². The van der Waals surface area contributed by atoms with Crippen LogP contribution in [-0.4, -0.2) is 32.2 Å². The number of nitrogens with zero attached hydrogens (tertiary/aromatic N) is 3. The molecule has 5 rings (SSSR count). The third kappa shape index (κ3) is 4.53. The van der Waals surface area contributed by atoms with Crippen molar-refractivity contribution in [2.24, 2.45) is 4.99 Å². The highest BCUT2D eigenvalue weighted by atomic mass is 16.4. The number of aliphatic carboxylic acids is 1. The maximum absolute atomic E-state index is 9.00. The number of anilines is 3. The van der Waals surface area contributed by atoms with Crippen molar-refractivity contribution in [3.8, 4) is 11.3 Å². The highest BCUT2D eigenvalue weighted by Crippen LogP contribution is 2.34. The standard InChI is InChI=1S/C21H18N6.C2H4O2/c1-12-2-3-18-13(6-12)8-19(26-18)16-9-15(7-14-10-23-11-17(14)16)25-20-4-5-24-21(22)27-20;1-2(3)4/h2-10,26H,11H2,1H3,(H3,22,24,25,27);1H3,(H,3,4). The average molecular weight is 414 g/mol. The number of hydrogen-bond acceptors (Lipinski definition) is 6. The highest BCUT2D eigenvalue weighted by molar-refractivity contribution is 5.93. The lowest BCUT2D eigenvalue weighted by atomic mass is 9.99. The smallest absolute Gasteiger partial charge is 0.300 e. The number of nitrogen functional groups attached to an aromatic ring is 1. The summed E-state index contributed by atoms with van der Waals surface area (Å²) in [6.07, 6.45) is 3.56. The van der Waals surface area contributed by atoms with Crippen LogP contribution in [0, 0.1) is 6.92 Å². The zero-order valence-corrected chi connectivity index (χ0v) is 17.2. The molecular formula is C23H22N6O2. The van der Waals surface area contributed by atoms with Gasteiger partial charge in [-0.1, -0.05) is 11.6 Å². The fraction of sp³-hybridized carbons (Fsp3) is 0.130. The van der Waals surface area contributed by atoms with E-state index in [1.165, 1.54) is 16.5 Å². The maximum Gasteiger partial charge on any atom is 0.300 e. The van der Waals surface area contributed by atoms with Gasteiger partial charge in [-0.15, -0.1) is 0 Å². The van der Waals surface area contributed by atoms with E-state index in [4.69, 9.17) is 15.6 Å². The van der Waals surface area contributed by atoms with E-state index >= 15 is 0 Å². The summed E-state index contributed by atoms with van der Waals surface area (Å²) in [4.78, 5) is 25.2. The Balaban J connectivity index is 0.000000535. The van der Waals surface area contributed by atoms with Crippen LogP contribution >= 0.6 is 0 Å². The van der Waals surface area contributed by atoms with Crippen LogP contribution in [0.3, 0.4) is 0 Å². The molecule has 0 radical (unpaired) electrons. The van der Waals surface area contributed by atoms with Gasteiger partial charge in [0.25, 0.3) is 5.97 Å². The fourth-order valence-corrected chi connectivity index (χ4v) is 3.52. The number of fused-ring (bicyclic) bond motifs is 2. The molecule has 8 heteroatoms. The van der Waals surface area contributed by atoms with E-state index < -0.39 is 5.97 Å². The predicted octanol–water partition coefficient (Wildman–Crippen LogP) is 4.28. The van der Waals surface area contributed by atoms with Gasteiger partial charge in [0.05, 0.1) is 6.54 Å². The van der Waals surface area contributed by atoms with Gasteiger partial charge in [0, 0.05) is 52.7 Å². The molecular weight excluding hydrogens is 392 g/mol. The first kappa shape index (κ1) is 20.1. The lowest BCUT2D eigenvalue weighted by Gasteiger charge is -2.12. The first-order valence-corrected chi connectivity index (χ1v) is 9.70. The highest BCUT2D eigenvalue weighted by Gasteiger charge is 2.16. The van der Waals surface area contributed by atoms with E-state index in [2.05, 4.69) is 68.6 Å². The SMILES string of the molecule is CC(=O)O.Cc1ccc2[nH]c(-c3cc(Nc4ccnc(N)n4)cc4c3CN=C4)cc2c1. The third-order valence-corrected chi connectivity index (χ3v) is 4.78. The van der Waals surface area contributed by atoms with E-state index in [1.54, 1.807) is 12.3 Å². The molecule has 0 amide bonds. The minimum absolute atomic E-state index is 0.244. The number of aromatic nitrogens is 3. The van der Waals surface area contributed by atoms with Crippen molar-refractivity contribution < 1.29 is 9.90 Å². The van der Waals surface area contributed by atoms with Crippen molar-refractivity contribution in [1.29, 1.82) is 0 Å². The van der Waals surface area contributed by atoms with Crippen LogP contribution in [-0.2, 0) is 11.3 Å². The Kier molecular flexibility index (Phi) is 5.36. The summed E-state index contributed by atoms with van der Waals surface area (Å²) in [5, 5.41) is 11.9. The molecule has 2 aromatic heterocycles. The molecule has 0 saturated carbocycles. The third-order valence-electron chi connectivity index (χ3n) is 4.78. The van der Waals surface area contributed by atoms with Crippen LogP contribution in [0.15, 0.2) is 53.7 Å². The second kappa shape index (κ2) is 8.27. The van der Waals surface area contributed by atoms with Crippen LogP contribution in [0.5, 0.6) is 0 Å². The summed E-state index contributed by atoms with van der Waals surface area (Å²) in [5.41, 5.74) is 13.6. The number of aliphatic imine (C=N–C) groups is 1. The van der Waals surface area contributed by atoms with E-state index in [-0.39, 0.29) is 5.95 Å². The summed E-state index contributed by atoms with van der Waals surface area (Å²) in [6.45, 7) is 3.88. The van der Waals surface area contributed by atoms with Crippen LogP contribution < -0.4 is 11.1 Å². The molecule has 156 valence electrons. The molecule has 1 aliphatic rings. The summed E-state index contributed by atoms with van der Waals surface area (Å²) < 4.78 is 0. The van der Waals surface area contributed by atoms with Gasteiger partial charge in [0.15, 0.2) is 0 Å². The lowest BCUT2D eigenvalue weighted by Crippen LogP contribution is -2.00. The first-order valence-electron chi connectivity index (χ1n) is 9.70. The maximum atomic E-state index is 9.00. The van der Waals surface area contributed by atoms with Gasteiger partial charge in [-0.25, -0.2) is 4.98 Å². The topological polar surface area (TPSA) is 129 Å². The Hall–Kier alpha value is -4.20. The van der Waals surface area contributed by atoms with Crippen molar-refractivity contribution in [3.05, 3.63) is 65.4 Å². The molecule has 4 aromatic rings. The second-order valence-corrected chi connectivity index (χ2v) is 7.28. The molecule has 0 atom stereocenters. The molecule has 0 saturated heterocycles. The number of hydrogen-bond donors (Lipinski definition) is 4. The van der Waals surface area contributed by atoms with E-state index in [1.807, 2.05) is 6.21 Å². The Labute approximate surface area is 178 Å². The van der Waals surface area contributed by atoms with Crippen LogP contribution in [0.2, 0.25) is 0 Å². The molecule has 0 fully saturated rings. The molecule has 8 nitrogen and oxygen atoms in total. The van der Waals surface area contributed by atoms with Crippen molar-refractivity contribution in [2.45, 2.75) is 20.4 Å². The van der Waals surface area contributed by atoms with Crippen molar-refractivity contribution >= 4 is 40.5 Å². The Morgan fingerprint density at radius 3 is 2.77 bits per heavy atom. The lowest BCUT2D eigenvalue weighted by molar-refractivity contribution is -0.134. The van der Waals surface area contributed by atoms with E-state index in [0.717, 1.165) is 34.9 Å². The zero-order chi connectivity index (χ0) is 22.0. The minimum atomic E-state index is -0.833. The molecule has 0 unspecified atom stereocenters. The zero-order valence-electron chi connectivity index (χ0n) is 17.2. The molecule has 3 heterocycles. The number of nitrogens with two attached hydrogens (primary N) is 1. The first-order chi connectivity index (χ1) is 14.9. The van der Waals surface area contributed by atoms with Gasteiger partial charge in [0.1, 0.15) is 5.82 Å². The predicted molar refractivity (Wildman–Crippen MR) is 123 cm³/mol. The van der Waals surface area contributed by atoms with Gasteiger partial charge in [-0.3, -0.25) is 9.79 Å². The molecule has 0 spiro atoms. The number of carbonyl (C=O) groups is 1. The summed E-state index contributed by atoms with van der Waals surface area (Å²) in [5.74, 6) is 0.0736. The van der Waals surface area contributed by atoms with Gasteiger partial charge >= 0.3 is 0 Å². The number of carboxylic acids is 1. The van der Waals surface area contributed by atoms with Gasteiger partial charge < -0.3 is 21.1 Å². The minimum Gasteiger partial charge on any atom is -0.481 e. The van der Waals surface area contributed by atoms with E-state index in [0.29, 0.717) is 12.4 Å². The number of H-pyrrole nitrogens is 1. The molecule has 31 heavy (non-hydrogen) atoms. The average Bonchev–Trinajstić information content (AvgIpc) is 3.33. The Morgan fingerprint density at radius 1 is 1.19 bits per heavy atom. The molecule has 0 bridgehead atoms. The van der Waals surface area contributed by atoms with Crippen LogP contribution in [0.4, 0.5) is 17.5 Å².